The van der Waals surface area contributed by atoms with Crippen molar-refractivity contribution in [2.45, 2.75) is 33.4 Å². The van der Waals surface area contributed by atoms with Crippen LogP contribution in [0.25, 0.3) is 0 Å². The number of aromatic nitrogens is 3. The second-order valence-electron chi connectivity index (χ2n) is 4.17. The van der Waals surface area contributed by atoms with Gasteiger partial charge in [-0.25, -0.2) is 9.67 Å². The maximum Gasteiger partial charge on any atom is 0.283 e. The lowest BCUT2D eigenvalue weighted by Crippen LogP contribution is -2.24. The van der Waals surface area contributed by atoms with Crippen LogP contribution in [0.3, 0.4) is 0 Å². The van der Waals surface area contributed by atoms with Crippen LogP contribution in [0.5, 0.6) is 0 Å². The Morgan fingerprint density at radius 2 is 2.26 bits per heavy atom. The van der Waals surface area contributed by atoms with Crippen molar-refractivity contribution in [2.75, 3.05) is 5.32 Å². The molecular formula is C12H15BrN4OS. The van der Waals surface area contributed by atoms with Crippen LogP contribution in [0.1, 0.15) is 29.8 Å². The Balaban J connectivity index is 2.24. The van der Waals surface area contributed by atoms with E-state index in [4.69, 9.17) is 0 Å². The largest absolute Gasteiger partial charge is 0.374 e. The van der Waals surface area contributed by atoms with Crippen molar-refractivity contribution in [3.8, 4) is 0 Å². The van der Waals surface area contributed by atoms with E-state index in [0.29, 0.717) is 16.7 Å². The summed E-state index contributed by atoms with van der Waals surface area (Å²) in [6, 6.07) is 0.0358. The highest BCUT2D eigenvalue weighted by atomic mass is 79.9. The van der Waals surface area contributed by atoms with Crippen LogP contribution in [-0.4, -0.2) is 14.8 Å². The van der Waals surface area contributed by atoms with Gasteiger partial charge in [-0.05, 0) is 36.7 Å². The average molecular weight is 343 g/mol. The summed E-state index contributed by atoms with van der Waals surface area (Å²) < 4.78 is 1.91. The van der Waals surface area contributed by atoms with Gasteiger partial charge >= 0.3 is 0 Å². The highest BCUT2D eigenvalue weighted by molar-refractivity contribution is 9.10. The zero-order chi connectivity index (χ0) is 14.0. The van der Waals surface area contributed by atoms with Crippen LogP contribution in [-0.2, 0) is 6.54 Å². The molecule has 1 N–H and O–H groups in total. The standard InChI is InChI=1S/C12H15BrN4OS/c1-4-17-12(18)10(13)9(6-15-17)16-8(3)11-14-5-7(2)19-11/h5-6,8,16H,4H2,1-3H3. The van der Waals surface area contributed by atoms with Gasteiger partial charge < -0.3 is 5.32 Å². The lowest BCUT2D eigenvalue weighted by atomic mass is 10.3. The van der Waals surface area contributed by atoms with Crippen molar-refractivity contribution in [3.63, 3.8) is 0 Å². The molecule has 0 spiro atoms. The van der Waals surface area contributed by atoms with E-state index in [1.807, 2.05) is 27.0 Å². The van der Waals surface area contributed by atoms with Gasteiger partial charge in [0.05, 0.1) is 17.9 Å². The first kappa shape index (κ1) is 14.2. The Morgan fingerprint density at radius 1 is 1.53 bits per heavy atom. The van der Waals surface area contributed by atoms with Crippen molar-refractivity contribution in [2.24, 2.45) is 0 Å². The molecule has 1 unspecified atom stereocenters. The van der Waals surface area contributed by atoms with Gasteiger partial charge in [0.25, 0.3) is 5.56 Å². The molecule has 2 aromatic heterocycles. The van der Waals surface area contributed by atoms with E-state index in [9.17, 15) is 4.79 Å². The van der Waals surface area contributed by atoms with E-state index < -0.39 is 0 Å². The zero-order valence-corrected chi connectivity index (χ0v) is 13.4. The number of thiazole rings is 1. The Bertz CT molecular complexity index is 637. The number of hydrogen-bond donors (Lipinski definition) is 1. The molecule has 0 bridgehead atoms. The third-order valence-electron chi connectivity index (χ3n) is 2.67. The number of nitrogens with one attached hydrogen (secondary N) is 1. The van der Waals surface area contributed by atoms with Gasteiger partial charge in [0.15, 0.2) is 0 Å². The van der Waals surface area contributed by atoms with Crippen LogP contribution in [0.15, 0.2) is 21.7 Å². The molecular weight excluding hydrogens is 328 g/mol. The first-order valence-corrected chi connectivity index (χ1v) is 7.58. The topological polar surface area (TPSA) is 59.8 Å². The molecule has 7 heteroatoms. The van der Waals surface area contributed by atoms with Crippen LogP contribution in [0.2, 0.25) is 0 Å². The van der Waals surface area contributed by atoms with Gasteiger partial charge in [0, 0.05) is 17.6 Å². The number of nitrogens with zero attached hydrogens (tertiary/aromatic N) is 3. The predicted molar refractivity (Wildman–Crippen MR) is 80.8 cm³/mol. The molecule has 0 aliphatic carbocycles. The molecule has 0 aliphatic heterocycles. The molecule has 0 radical (unpaired) electrons. The lowest BCUT2D eigenvalue weighted by molar-refractivity contribution is 0.612. The normalized spacial score (nSPS) is 12.4. The minimum absolute atomic E-state index is 0.0358. The van der Waals surface area contributed by atoms with E-state index in [-0.39, 0.29) is 11.6 Å². The number of hydrogen-bond acceptors (Lipinski definition) is 5. The quantitative estimate of drug-likeness (QED) is 0.927. The summed E-state index contributed by atoms with van der Waals surface area (Å²) in [6.45, 7) is 6.47. The van der Waals surface area contributed by atoms with Gasteiger partial charge in [-0.15, -0.1) is 11.3 Å². The summed E-state index contributed by atoms with van der Waals surface area (Å²) in [5, 5.41) is 8.35. The Morgan fingerprint density at radius 3 is 2.84 bits per heavy atom. The molecule has 1 atom stereocenters. The van der Waals surface area contributed by atoms with Crippen LogP contribution in [0, 0.1) is 6.92 Å². The maximum atomic E-state index is 11.9. The monoisotopic (exact) mass is 342 g/mol. The number of halogens is 1. The minimum Gasteiger partial charge on any atom is -0.374 e. The third-order valence-corrected chi connectivity index (χ3v) is 4.53. The fraction of sp³-hybridized carbons (Fsp3) is 0.417. The first-order valence-electron chi connectivity index (χ1n) is 5.97. The van der Waals surface area contributed by atoms with E-state index in [1.54, 1.807) is 17.5 Å². The smallest absolute Gasteiger partial charge is 0.283 e. The molecule has 0 aromatic carbocycles. The first-order chi connectivity index (χ1) is 9.02. The average Bonchev–Trinajstić information content (AvgIpc) is 2.82. The van der Waals surface area contributed by atoms with Crippen LogP contribution < -0.4 is 10.9 Å². The van der Waals surface area contributed by atoms with Gasteiger partial charge in [0.2, 0.25) is 0 Å². The van der Waals surface area contributed by atoms with Gasteiger partial charge in [-0.2, -0.15) is 5.10 Å². The zero-order valence-electron chi connectivity index (χ0n) is 11.0. The Kier molecular flexibility index (Phi) is 4.36. The van der Waals surface area contributed by atoms with Crippen molar-refractivity contribution in [1.82, 2.24) is 14.8 Å². The Hall–Kier alpha value is -1.21. The second-order valence-corrected chi connectivity index (χ2v) is 6.23. The molecule has 19 heavy (non-hydrogen) atoms. The van der Waals surface area contributed by atoms with E-state index in [0.717, 1.165) is 5.01 Å². The van der Waals surface area contributed by atoms with Crippen LogP contribution >= 0.6 is 27.3 Å². The number of rotatable bonds is 4. The molecule has 0 saturated carbocycles. The summed E-state index contributed by atoms with van der Waals surface area (Å²) in [5.41, 5.74) is 0.560. The number of anilines is 1. The van der Waals surface area contributed by atoms with Crippen LogP contribution in [0.4, 0.5) is 5.69 Å². The molecule has 0 aliphatic rings. The molecule has 0 fully saturated rings. The fourth-order valence-electron chi connectivity index (χ4n) is 1.66. The highest BCUT2D eigenvalue weighted by Crippen LogP contribution is 2.25. The van der Waals surface area contributed by atoms with E-state index in [1.165, 1.54) is 9.56 Å². The Labute approximate surface area is 123 Å². The second kappa shape index (κ2) is 5.83. The lowest BCUT2D eigenvalue weighted by Gasteiger charge is -2.14. The molecule has 102 valence electrons. The summed E-state index contributed by atoms with van der Waals surface area (Å²) in [5.74, 6) is 0. The summed E-state index contributed by atoms with van der Waals surface area (Å²) in [6.07, 6.45) is 3.51. The van der Waals surface area contributed by atoms with Crippen molar-refractivity contribution < 1.29 is 0 Å². The fourth-order valence-corrected chi connectivity index (χ4v) is 2.86. The van der Waals surface area contributed by atoms with Crippen molar-refractivity contribution in [3.05, 3.63) is 37.1 Å². The van der Waals surface area contributed by atoms with Crippen molar-refractivity contribution >= 4 is 33.0 Å². The summed E-state index contributed by atoms with van der Waals surface area (Å²) in [4.78, 5) is 17.4. The molecule has 2 heterocycles. The minimum atomic E-state index is -0.130. The SMILES string of the molecule is CCn1ncc(NC(C)c2ncc(C)s2)c(Br)c1=O. The van der Waals surface area contributed by atoms with Crippen molar-refractivity contribution in [1.29, 1.82) is 0 Å². The molecule has 2 aromatic rings. The predicted octanol–water partition coefficient (Wildman–Crippen LogP) is 2.96. The van der Waals surface area contributed by atoms with Gasteiger partial charge in [-0.3, -0.25) is 4.79 Å². The maximum absolute atomic E-state index is 11.9. The molecule has 2 rings (SSSR count). The molecule has 0 saturated heterocycles. The highest BCUT2D eigenvalue weighted by Gasteiger charge is 2.13. The third kappa shape index (κ3) is 3.03. The molecule has 5 nitrogen and oxygen atoms in total. The summed E-state index contributed by atoms with van der Waals surface area (Å²) in [7, 11) is 0. The summed E-state index contributed by atoms with van der Waals surface area (Å²) >= 11 is 4.97. The number of aryl methyl sites for hydroxylation is 2. The van der Waals surface area contributed by atoms with Gasteiger partial charge in [-0.1, -0.05) is 0 Å². The van der Waals surface area contributed by atoms with E-state index in [2.05, 4.69) is 31.3 Å². The molecule has 0 amide bonds. The van der Waals surface area contributed by atoms with E-state index >= 15 is 0 Å². The van der Waals surface area contributed by atoms with Gasteiger partial charge in [0.1, 0.15) is 9.48 Å².